The quantitative estimate of drug-likeness (QED) is 0.802. The molecule has 8 heteroatoms. The van der Waals surface area contributed by atoms with Gasteiger partial charge in [0.15, 0.2) is 28.8 Å². The minimum Gasteiger partial charge on any atom is -0.492 e. The Morgan fingerprint density at radius 1 is 0.967 bits per heavy atom. The number of ketones is 1. The third-order valence-corrected chi connectivity index (χ3v) is 6.17. The molecule has 158 valence electrons. The number of Topliss-reactive ketones (excluding diaryl/α,β-unsaturated/α-hetero) is 1. The van der Waals surface area contributed by atoms with Crippen LogP contribution in [0.15, 0.2) is 12.1 Å². The molecule has 0 bridgehead atoms. The van der Waals surface area contributed by atoms with Crippen LogP contribution in [0.1, 0.15) is 29.8 Å². The summed E-state index contributed by atoms with van der Waals surface area (Å²) in [5.74, 6) is 1.81. The maximum absolute atomic E-state index is 13.5. The van der Waals surface area contributed by atoms with E-state index in [2.05, 4.69) is 0 Å². The van der Waals surface area contributed by atoms with E-state index in [1.165, 1.54) is 21.1 Å². The third-order valence-electron chi connectivity index (χ3n) is 6.17. The Kier molecular flexibility index (Phi) is 4.05. The van der Waals surface area contributed by atoms with Crippen molar-refractivity contribution in [1.29, 1.82) is 0 Å². The lowest BCUT2D eigenvalue weighted by molar-refractivity contribution is 0.0129. The number of carbonyl (C=O) groups is 1. The first-order valence-electron chi connectivity index (χ1n) is 9.66. The normalized spacial score (nSPS) is 23.4. The van der Waals surface area contributed by atoms with E-state index in [-0.39, 0.29) is 25.1 Å². The van der Waals surface area contributed by atoms with Gasteiger partial charge >= 0.3 is 0 Å². The van der Waals surface area contributed by atoms with Crippen LogP contribution in [0, 0.1) is 5.92 Å². The zero-order valence-corrected chi connectivity index (χ0v) is 17.2. The van der Waals surface area contributed by atoms with E-state index in [0.29, 0.717) is 52.0 Å². The molecule has 0 unspecified atom stereocenters. The van der Waals surface area contributed by atoms with Gasteiger partial charge in [0.1, 0.15) is 5.60 Å². The van der Waals surface area contributed by atoms with Crippen LogP contribution in [-0.4, -0.2) is 44.3 Å². The average Bonchev–Trinajstić information content (AvgIpc) is 3.39. The molecule has 2 aliphatic heterocycles. The van der Waals surface area contributed by atoms with Crippen molar-refractivity contribution in [1.82, 2.24) is 0 Å². The Morgan fingerprint density at radius 3 is 2.13 bits per heavy atom. The minimum atomic E-state index is -1.60. The smallest absolute Gasteiger partial charge is 0.231 e. The summed E-state index contributed by atoms with van der Waals surface area (Å²) < 4.78 is 33.9. The van der Waals surface area contributed by atoms with Crippen molar-refractivity contribution < 1.29 is 38.3 Å². The number of hydrogen-bond donors (Lipinski definition) is 1. The first-order valence-corrected chi connectivity index (χ1v) is 9.66. The number of hydrogen-bond acceptors (Lipinski definition) is 8. The van der Waals surface area contributed by atoms with Crippen LogP contribution in [0.5, 0.6) is 34.5 Å². The molecular weight excluding hydrogens is 392 g/mol. The monoisotopic (exact) mass is 414 g/mol. The fourth-order valence-corrected chi connectivity index (χ4v) is 4.35. The van der Waals surface area contributed by atoms with Gasteiger partial charge in [-0.25, -0.2) is 0 Å². The molecule has 0 spiro atoms. The number of carbonyl (C=O) groups excluding carboxylic acids is 1. The molecule has 0 amide bonds. The van der Waals surface area contributed by atoms with Crippen LogP contribution < -0.4 is 28.4 Å². The molecule has 3 aliphatic rings. The topological polar surface area (TPSA) is 92.7 Å². The number of fused-ring (bicyclic) bond motifs is 5. The molecule has 8 nitrogen and oxygen atoms in total. The number of aliphatic hydroxyl groups is 1. The van der Waals surface area contributed by atoms with Crippen LogP contribution in [0.3, 0.4) is 0 Å². The molecular formula is C22H22O8. The summed E-state index contributed by atoms with van der Waals surface area (Å²) in [6.07, 6.45) is 0.415. The van der Waals surface area contributed by atoms with Gasteiger partial charge in [-0.2, -0.15) is 0 Å². The predicted octanol–water partition coefficient (Wildman–Crippen LogP) is 2.95. The molecule has 2 atom stereocenters. The fraction of sp³-hybridized carbons (Fsp3) is 0.409. The molecule has 0 aromatic heterocycles. The molecule has 1 N–H and O–H groups in total. The second-order valence-corrected chi connectivity index (χ2v) is 7.83. The van der Waals surface area contributed by atoms with Crippen molar-refractivity contribution in [3.8, 4) is 45.6 Å². The number of benzene rings is 2. The summed E-state index contributed by atoms with van der Waals surface area (Å²) in [6, 6.07) is 3.47. The van der Waals surface area contributed by atoms with Crippen LogP contribution in [0.4, 0.5) is 0 Å². The fourth-order valence-electron chi connectivity index (χ4n) is 4.35. The van der Waals surface area contributed by atoms with Crippen LogP contribution in [0.25, 0.3) is 11.1 Å². The second-order valence-electron chi connectivity index (χ2n) is 7.83. The second kappa shape index (κ2) is 6.43. The Balaban J connectivity index is 1.94. The lowest BCUT2D eigenvalue weighted by atomic mass is 9.74. The van der Waals surface area contributed by atoms with E-state index in [1.54, 1.807) is 6.07 Å². The van der Waals surface area contributed by atoms with Gasteiger partial charge in [-0.3, -0.25) is 4.79 Å². The molecule has 0 radical (unpaired) electrons. The third kappa shape index (κ3) is 2.40. The summed E-state index contributed by atoms with van der Waals surface area (Å²) in [7, 11) is 3.04. The van der Waals surface area contributed by atoms with Crippen molar-refractivity contribution in [2.24, 2.45) is 5.92 Å². The summed E-state index contributed by atoms with van der Waals surface area (Å²) >= 11 is 0. The zero-order valence-electron chi connectivity index (χ0n) is 17.2. The highest BCUT2D eigenvalue weighted by Gasteiger charge is 2.44. The van der Waals surface area contributed by atoms with Crippen LogP contribution in [-0.2, 0) is 6.42 Å². The van der Waals surface area contributed by atoms with Crippen molar-refractivity contribution in [2.45, 2.75) is 25.9 Å². The number of rotatable bonds is 2. The zero-order chi connectivity index (χ0) is 21.2. The standard InChI is InChI=1S/C22H22O8/c1-10-5-11-6-13-17(29-8-27-13)19(25-3)15(11)16-12(21(23)22(10,2)24)7-14-18(20(16)26-4)30-9-28-14/h6-7,10,24H,5,8-9H2,1-4H3/t10-,22-/m0/s1. The first-order chi connectivity index (χ1) is 14.4. The van der Waals surface area contributed by atoms with E-state index in [9.17, 15) is 9.90 Å². The highest BCUT2D eigenvalue weighted by atomic mass is 16.7. The number of ether oxygens (including phenoxy) is 6. The maximum atomic E-state index is 13.5. The summed E-state index contributed by atoms with van der Waals surface area (Å²) in [5.41, 5.74) is 0.641. The van der Waals surface area contributed by atoms with E-state index in [4.69, 9.17) is 28.4 Å². The lowest BCUT2D eigenvalue weighted by Crippen LogP contribution is -2.43. The predicted molar refractivity (Wildman–Crippen MR) is 105 cm³/mol. The molecule has 5 rings (SSSR count). The molecule has 0 fully saturated rings. The Bertz CT molecular complexity index is 1070. The largest absolute Gasteiger partial charge is 0.492 e. The van der Waals surface area contributed by atoms with Crippen molar-refractivity contribution in [2.75, 3.05) is 27.8 Å². The van der Waals surface area contributed by atoms with Gasteiger partial charge in [-0.1, -0.05) is 6.92 Å². The van der Waals surface area contributed by atoms with E-state index < -0.39 is 11.4 Å². The Labute approximate surface area is 173 Å². The molecule has 2 aromatic carbocycles. The summed E-state index contributed by atoms with van der Waals surface area (Å²) in [6.45, 7) is 3.47. The van der Waals surface area contributed by atoms with Crippen molar-refractivity contribution in [3.63, 3.8) is 0 Å². The van der Waals surface area contributed by atoms with E-state index in [0.717, 1.165) is 5.56 Å². The summed E-state index contributed by atoms with van der Waals surface area (Å²) in [5, 5.41) is 11.2. The molecule has 2 heterocycles. The van der Waals surface area contributed by atoms with E-state index >= 15 is 0 Å². The van der Waals surface area contributed by atoms with Gasteiger partial charge in [0.2, 0.25) is 25.1 Å². The first kappa shape index (κ1) is 18.9. The van der Waals surface area contributed by atoms with Gasteiger partial charge in [-0.15, -0.1) is 0 Å². The molecule has 2 aromatic rings. The Hall–Kier alpha value is -3.13. The maximum Gasteiger partial charge on any atom is 0.231 e. The van der Waals surface area contributed by atoms with Gasteiger partial charge in [0.25, 0.3) is 0 Å². The number of methoxy groups -OCH3 is 2. The molecule has 0 saturated carbocycles. The molecule has 0 saturated heterocycles. The Morgan fingerprint density at radius 2 is 1.53 bits per heavy atom. The molecule has 1 aliphatic carbocycles. The molecule has 30 heavy (non-hydrogen) atoms. The van der Waals surface area contributed by atoms with Gasteiger partial charge in [-0.05, 0) is 37.0 Å². The van der Waals surface area contributed by atoms with Crippen LogP contribution in [0.2, 0.25) is 0 Å². The SMILES string of the molecule is COc1c2c(cc3c1-c1c(cc4c(c1OC)OCO4)C(=O)[C@@](C)(O)[C@@H](C)C3)OCO2. The van der Waals surface area contributed by atoms with Crippen LogP contribution >= 0.6 is 0 Å². The highest BCUT2D eigenvalue weighted by Crippen LogP contribution is 2.57. The van der Waals surface area contributed by atoms with Crippen molar-refractivity contribution in [3.05, 3.63) is 23.3 Å². The highest BCUT2D eigenvalue weighted by molar-refractivity contribution is 6.11. The minimum absolute atomic E-state index is 0.0146. The van der Waals surface area contributed by atoms with E-state index in [1.807, 2.05) is 13.0 Å². The van der Waals surface area contributed by atoms with Gasteiger partial charge in [0.05, 0.1) is 14.2 Å². The summed E-state index contributed by atoms with van der Waals surface area (Å²) in [4.78, 5) is 13.5. The lowest BCUT2D eigenvalue weighted by Gasteiger charge is -2.34. The van der Waals surface area contributed by atoms with Gasteiger partial charge in [0, 0.05) is 16.7 Å². The van der Waals surface area contributed by atoms with Gasteiger partial charge < -0.3 is 33.5 Å². The average molecular weight is 414 g/mol. The van der Waals surface area contributed by atoms with Crippen molar-refractivity contribution >= 4 is 5.78 Å².